The summed E-state index contributed by atoms with van der Waals surface area (Å²) in [5, 5.41) is 8.11. The van der Waals surface area contributed by atoms with Crippen LogP contribution in [0, 0.1) is 0 Å². The lowest BCUT2D eigenvalue weighted by Gasteiger charge is -2.06. The van der Waals surface area contributed by atoms with Gasteiger partial charge in [-0.1, -0.05) is 12.1 Å². The van der Waals surface area contributed by atoms with Crippen LogP contribution in [0.2, 0.25) is 0 Å². The van der Waals surface area contributed by atoms with E-state index < -0.39 is 6.09 Å². The van der Waals surface area contributed by atoms with E-state index in [1.165, 1.54) is 24.9 Å². The van der Waals surface area contributed by atoms with Crippen LogP contribution < -0.4 is 4.74 Å². The first-order valence-electron chi connectivity index (χ1n) is 5.57. The van der Waals surface area contributed by atoms with Crippen molar-refractivity contribution in [1.29, 1.82) is 0 Å². The second-order valence-electron chi connectivity index (χ2n) is 3.59. The van der Waals surface area contributed by atoms with Gasteiger partial charge < -0.3 is 14.7 Å². The highest BCUT2D eigenvalue weighted by molar-refractivity contribution is 5.94. The third kappa shape index (κ3) is 6.82. The number of carbonyl (C=O) groups is 3. The van der Waals surface area contributed by atoms with E-state index in [1.54, 1.807) is 25.1 Å². The number of hydrogen-bond donors (Lipinski definition) is 1. The van der Waals surface area contributed by atoms with Gasteiger partial charge in [-0.2, -0.15) is 0 Å². The fourth-order valence-electron chi connectivity index (χ4n) is 0.979. The predicted octanol–water partition coefficient (Wildman–Crippen LogP) is 2.04. The monoisotopic (exact) mass is 267 g/mol. The summed E-state index contributed by atoms with van der Waals surface area (Å²) in [4.78, 5) is 31.9. The number of nitrogens with zero attached hydrogens (tertiary/aromatic N) is 1. The Bertz CT molecular complexity index is 444. The summed E-state index contributed by atoms with van der Waals surface area (Å²) < 4.78 is 4.56. The molecule has 6 nitrogen and oxygen atoms in total. The molecule has 0 aliphatic rings. The highest BCUT2D eigenvalue weighted by atomic mass is 16.5. The lowest BCUT2D eigenvalue weighted by molar-refractivity contribution is -0.120. The third-order valence-corrected chi connectivity index (χ3v) is 2.23. The zero-order valence-electron chi connectivity index (χ0n) is 11.1. The Morgan fingerprint density at radius 3 is 2.42 bits per heavy atom. The highest BCUT2D eigenvalue weighted by Crippen LogP contribution is 2.12. The molecule has 0 heterocycles. The SMILES string of the molecule is CC(=O)c1cccc(OC=O)c1.CCN(C)C(=O)O. The van der Waals surface area contributed by atoms with Crippen LogP contribution in [0.25, 0.3) is 0 Å². The third-order valence-electron chi connectivity index (χ3n) is 2.23. The minimum absolute atomic E-state index is 0.0497. The molecule has 0 aromatic heterocycles. The van der Waals surface area contributed by atoms with Gasteiger partial charge in [0.25, 0.3) is 6.47 Å². The molecule has 1 N–H and O–H groups in total. The summed E-state index contributed by atoms with van der Waals surface area (Å²) in [7, 11) is 1.53. The molecule has 0 saturated heterocycles. The van der Waals surface area contributed by atoms with Crippen molar-refractivity contribution in [3.05, 3.63) is 29.8 Å². The maximum absolute atomic E-state index is 10.9. The molecule has 0 atom stereocenters. The van der Waals surface area contributed by atoms with Crippen molar-refractivity contribution in [3.63, 3.8) is 0 Å². The zero-order chi connectivity index (χ0) is 14.8. The van der Waals surface area contributed by atoms with Crippen LogP contribution in [-0.4, -0.2) is 41.9 Å². The molecule has 0 unspecified atom stereocenters. The van der Waals surface area contributed by atoms with E-state index >= 15 is 0 Å². The number of carboxylic acid groups (broad SMARTS) is 1. The number of benzene rings is 1. The molecule has 104 valence electrons. The van der Waals surface area contributed by atoms with E-state index in [2.05, 4.69) is 4.74 Å². The number of carbonyl (C=O) groups excluding carboxylic acids is 2. The van der Waals surface area contributed by atoms with Crippen LogP contribution in [0.15, 0.2) is 24.3 Å². The van der Waals surface area contributed by atoms with Crippen molar-refractivity contribution in [3.8, 4) is 5.75 Å². The van der Waals surface area contributed by atoms with E-state index in [0.29, 0.717) is 24.3 Å². The van der Waals surface area contributed by atoms with Gasteiger partial charge in [0.05, 0.1) is 0 Å². The lowest BCUT2D eigenvalue weighted by atomic mass is 10.1. The maximum atomic E-state index is 10.9. The van der Waals surface area contributed by atoms with Gasteiger partial charge in [-0.25, -0.2) is 4.79 Å². The number of ketones is 1. The summed E-state index contributed by atoms with van der Waals surface area (Å²) in [6, 6.07) is 6.47. The smallest absolute Gasteiger partial charge is 0.407 e. The summed E-state index contributed by atoms with van der Waals surface area (Å²) >= 11 is 0. The Morgan fingerprint density at radius 1 is 1.42 bits per heavy atom. The Labute approximate surface area is 111 Å². The van der Waals surface area contributed by atoms with Gasteiger partial charge in [0.1, 0.15) is 5.75 Å². The molecule has 1 amide bonds. The highest BCUT2D eigenvalue weighted by Gasteiger charge is 2.00. The topological polar surface area (TPSA) is 83.9 Å². The molecule has 0 fully saturated rings. The first-order chi connectivity index (χ1) is 8.92. The fraction of sp³-hybridized carbons (Fsp3) is 0.308. The second-order valence-corrected chi connectivity index (χ2v) is 3.59. The van der Waals surface area contributed by atoms with Crippen molar-refractivity contribution in [2.45, 2.75) is 13.8 Å². The molecule has 0 aliphatic heterocycles. The Kier molecular flexibility index (Phi) is 7.60. The Balaban J connectivity index is 0.000000399. The van der Waals surface area contributed by atoms with Crippen molar-refractivity contribution in [2.75, 3.05) is 13.6 Å². The van der Waals surface area contributed by atoms with E-state index in [-0.39, 0.29) is 5.78 Å². The van der Waals surface area contributed by atoms with Crippen LogP contribution in [-0.2, 0) is 4.79 Å². The van der Waals surface area contributed by atoms with E-state index in [1.807, 2.05) is 0 Å². The first kappa shape index (κ1) is 16.6. The van der Waals surface area contributed by atoms with E-state index in [0.717, 1.165) is 0 Å². The minimum atomic E-state index is -0.873. The molecule has 0 bridgehead atoms. The zero-order valence-corrected chi connectivity index (χ0v) is 11.1. The van der Waals surface area contributed by atoms with Crippen molar-refractivity contribution in [2.24, 2.45) is 0 Å². The number of Topliss-reactive ketones (excluding diaryl/α,β-unsaturated/α-hetero) is 1. The molecule has 1 rings (SSSR count). The predicted molar refractivity (Wildman–Crippen MR) is 69.5 cm³/mol. The Hall–Kier alpha value is -2.37. The van der Waals surface area contributed by atoms with Crippen LogP contribution >= 0.6 is 0 Å². The minimum Gasteiger partial charge on any atom is -0.465 e. The van der Waals surface area contributed by atoms with Crippen LogP contribution in [0.5, 0.6) is 5.75 Å². The molecule has 0 spiro atoms. The lowest BCUT2D eigenvalue weighted by Crippen LogP contribution is -2.23. The van der Waals surface area contributed by atoms with Crippen LogP contribution in [0.4, 0.5) is 4.79 Å². The summed E-state index contributed by atoms with van der Waals surface area (Å²) in [5.74, 6) is 0.337. The molecule has 0 saturated carbocycles. The molecular formula is C13H17NO5. The van der Waals surface area contributed by atoms with Gasteiger partial charge >= 0.3 is 6.09 Å². The Morgan fingerprint density at radius 2 is 2.05 bits per heavy atom. The fourth-order valence-corrected chi connectivity index (χ4v) is 0.979. The van der Waals surface area contributed by atoms with Gasteiger partial charge in [0.15, 0.2) is 5.78 Å². The van der Waals surface area contributed by atoms with Crippen molar-refractivity contribution >= 4 is 18.3 Å². The standard InChI is InChI=1S/C9H8O3.C4H9NO2/c1-7(11)8-3-2-4-9(5-8)12-6-10;1-3-5(2)4(6)7/h2-6H,1H3;3H2,1-2H3,(H,6,7). The molecular weight excluding hydrogens is 250 g/mol. The average Bonchev–Trinajstić information content (AvgIpc) is 2.39. The summed E-state index contributed by atoms with van der Waals surface area (Å²) in [5.41, 5.74) is 0.536. The van der Waals surface area contributed by atoms with Crippen LogP contribution in [0.3, 0.4) is 0 Å². The number of hydrogen-bond acceptors (Lipinski definition) is 4. The normalized spacial score (nSPS) is 8.79. The van der Waals surface area contributed by atoms with Gasteiger partial charge in [0, 0.05) is 19.2 Å². The number of rotatable bonds is 4. The van der Waals surface area contributed by atoms with Gasteiger partial charge in [-0.3, -0.25) is 9.59 Å². The van der Waals surface area contributed by atoms with Gasteiger partial charge in [-0.15, -0.1) is 0 Å². The number of amides is 1. The molecule has 6 heteroatoms. The molecule has 0 radical (unpaired) electrons. The van der Waals surface area contributed by atoms with Crippen molar-refractivity contribution in [1.82, 2.24) is 4.90 Å². The first-order valence-corrected chi connectivity index (χ1v) is 5.57. The van der Waals surface area contributed by atoms with Crippen LogP contribution in [0.1, 0.15) is 24.2 Å². The molecule has 1 aromatic rings. The summed E-state index contributed by atoms with van der Waals surface area (Å²) in [6.45, 7) is 4.13. The van der Waals surface area contributed by atoms with Crippen molar-refractivity contribution < 1.29 is 24.2 Å². The average molecular weight is 267 g/mol. The molecule has 0 aliphatic carbocycles. The largest absolute Gasteiger partial charge is 0.465 e. The van der Waals surface area contributed by atoms with E-state index in [4.69, 9.17) is 5.11 Å². The molecule has 1 aromatic carbocycles. The van der Waals surface area contributed by atoms with Gasteiger partial charge in [0.2, 0.25) is 0 Å². The van der Waals surface area contributed by atoms with E-state index in [9.17, 15) is 14.4 Å². The molecule has 19 heavy (non-hydrogen) atoms. The van der Waals surface area contributed by atoms with Gasteiger partial charge in [-0.05, 0) is 26.0 Å². The quantitative estimate of drug-likeness (QED) is 0.666. The second kappa shape index (κ2) is 8.68. The maximum Gasteiger partial charge on any atom is 0.407 e. The summed E-state index contributed by atoms with van der Waals surface area (Å²) in [6.07, 6.45) is -0.873. The number of ether oxygens (including phenoxy) is 1.